The molecule has 1 aromatic carbocycles. The molecule has 1 aliphatic rings. The lowest BCUT2D eigenvalue weighted by Crippen LogP contribution is -2.47. The molecular weight excluding hydrogens is 304 g/mol. The van der Waals surface area contributed by atoms with Gasteiger partial charge in [-0.15, -0.1) is 0 Å². The molecule has 2 heterocycles. The van der Waals surface area contributed by atoms with Crippen molar-refractivity contribution < 1.29 is 9.47 Å². The first-order chi connectivity index (χ1) is 11.7. The van der Waals surface area contributed by atoms with Crippen molar-refractivity contribution in [2.75, 3.05) is 32.9 Å². The van der Waals surface area contributed by atoms with Crippen molar-refractivity contribution in [1.29, 1.82) is 0 Å². The second-order valence-corrected chi connectivity index (χ2v) is 6.61. The molecule has 1 fully saturated rings. The Morgan fingerprint density at radius 3 is 2.29 bits per heavy atom. The molecule has 0 bridgehead atoms. The standard InChI is InChI=1S/C18H28N4O2/c1-4-24-18(22-19-15-7-5-6-8-16(15)20-22)13-17(14(2)3)21-9-11-23-12-10-21/h5-8,14,17-18H,4,9-13H2,1-3H3/t17-,18+/m0/s1. The second kappa shape index (κ2) is 8.05. The largest absolute Gasteiger partial charge is 0.379 e. The fourth-order valence-electron chi connectivity index (χ4n) is 3.39. The summed E-state index contributed by atoms with van der Waals surface area (Å²) in [6, 6.07) is 8.39. The minimum atomic E-state index is -0.141. The molecule has 1 aliphatic heterocycles. The summed E-state index contributed by atoms with van der Waals surface area (Å²) >= 11 is 0. The van der Waals surface area contributed by atoms with E-state index in [4.69, 9.17) is 9.47 Å². The number of ether oxygens (including phenoxy) is 2. The number of morpholine rings is 1. The van der Waals surface area contributed by atoms with Gasteiger partial charge in [-0.05, 0) is 25.0 Å². The highest BCUT2D eigenvalue weighted by Gasteiger charge is 2.28. The van der Waals surface area contributed by atoms with Crippen molar-refractivity contribution in [2.45, 2.75) is 39.5 Å². The maximum absolute atomic E-state index is 6.01. The minimum Gasteiger partial charge on any atom is -0.379 e. The fraction of sp³-hybridized carbons (Fsp3) is 0.667. The van der Waals surface area contributed by atoms with E-state index >= 15 is 0 Å². The van der Waals surface area contributed by atoms with Crippen LogP contribution in [0.25, 0.3) is 11.0 Å². The van der Waals surface area contributed by atoms with Gasteiger partial charge in [0.1, 0.15) is 11.0 Å². The molecule has 2 aromatic rings. The molecule has 6 heteroatoms. The van der Waals surface area contributed by atoms with E-state index in [-0.39, 0.29) is 6.23 Å². The Hall–Kier alpha value is -1.50. The highest BCUT2D eigenvalue weighted by Crippen LogP contribution is 2.24. The van der Waals surface area contributed by atoms with Crippen molar-refractivity contribution in [3.63, 3.8) is 0 Å². The van der Waals surface area contributed by atoms with Gasteiger partial charge in [0.25, 0.3) is 0 Å². The van der Waals surface area contributed by atoms with E-state index in [1.54, 1.807) is 4.80 Å². The Labute approximate surface area is 143 Å². The first kappa shape index (κ1) is 17.3. The number of rotatable bonds is 7. The number of benzene rings is 1. The van der Waals surface area contributed by atoms with Crippen LogP contribution in [-0.2, 0) is 9.47 Å². The van der Waals surface area contributed by atoms with Gasteiger partial charge in [-0.3, -0.25) is 4.90 Å². The Balaban J connectivity index is 1.80. The van der Waals surface area contributed by atoms with Crippen LogP contribution < -0.4 is 0 Å². The van der Waals surface area contributed by atoms with E-state index in [1.807, 2.05) is 31.2 Å². The molecule has 0 unspecified atom stereocenters. The SMILES string of the molecule is CCO[C@H](C[C@@H](C(C)C)N1CCOCC1)n1nc2ccccc2n1. The molecule has 6 nitrogen and oxygen atoms in total. The van der Waals surface area contributed by atoms with Crippen LogP contribution in [0.3, 0.4) is 0 Å². The molecule has 132 valence electrons. The summed E-state index contributed by atoms with van der Waals surface area (Å²) in [5.41, 5.74) is 1.82. The summed E-state index contributed by atoms with van der Waals surface area (Å²) in [6.45, 7) is 10.8. The highest BCUT2D eigenvalue weighted by molar-refractivity contribution is 5.72. The zero-order valence-electron chi connectivity index (χ0n) is 14.9. The van der Waals surface area contributed by atoms with Crippen LogP contribution >= 0.6 is 0 Å². The van der Waals surface area contributed by atoms with E-state index in [0.717, 1.165) is 43.8 Å². The molecule has 0 saturated carbocycles. The number of aromatic nitrogens is 3. The molecule has 0 spiro atoms. The van der Waals surface area contributed by atoms with Gasteiger partial charge in [-0.2, -0.15) is 15.0 Å². The number of hydrogen-bond acceptors (Lipinski definition) is 5. The molecule has 0 aliphatic carbocycles. The first-order valence-electron chi connectivity index (χ1n) is 8.94. The summed E-state index contributed by atoms with van der Waals surface area (Å²) in [5, 5.41) is 9.25. The van der Waals surface area contributed by atoms with Crippen molar-refractivity contribution in [3.8, 4) is 0 Å². The maximum Gasteiger partial charge on any atom is 0.170 e. The summed E-state index contributed by atoms with van der Waals surface area (Å²) in [4.78, 5) is 4.27. The van der Waals surface area contributed by atoms with Gasteiger partial charge in [-0.1, -0.05) is 26.0 Å². The Morgan fingerprint density at radius 1 is 1.12 bits per heavy atom. The van der Waals surface area contributed by atoms with Crippen molar-refractivity contribution in [1.82, 2.24) is 19.9 Å². The number of fused-ring (bicyclic) bond motifs is 1. The van der Waals surface area contributed by atoms with Gasteiger partial charge in [0.05, 0.1) is 13.2 Å². The lowest BCUT2D eigenvalue weighted by atomic mass is 9.98. The Kier molecular flexibility index (Phi) is 5.81. The fourth-order valence-corrected chi connectivity index (χ4v) is 3.39. The summed E-state index contributed by atoms with van der Waals surface area (Å²) in [7, 11) is 0. The molecule has 1 aromatic heterocycles. The second-order valence-electron chi connectivity index (χ2n) is 6.61. The monoisotopic (exact) mass is 332 g/mol. The van der Waals surface area contributed by atoms with E-state index in [2.05, 4.69) is 28.9 Å². The molecule has 0 N–H and O–H groups in total. The smallest absolute Gasteiger partial charge is 0.170 e. The Morgan fingerprint density at radius 2 is 1.75 bits per heavy atom. The number of nitrogens with zero attached hydrogens (tertiary/aromatic N) is 4. The molecular formula is C18H28N4O2. The quantitative estimate of drug-likeness (QED) is 0.780. The van der Waals surface area contributed by atoms with E-state index in [1.165, 1.54) is 0 Å². The van der Waals surface area contributed by atoms with Gasteiger partial charge in [0.2, 0.25) is 0 Å². The third kappa shape index (κ3) is 3.94. The van der Waals surface area contributed by atoms with E-state index in [9.17, 15) is 0 Å². The molecule has 0 radical (unpaired) electrons. The lowest BCUT2D eigenvalue weighted by molar-refractivity contribution is -0.0547. The summed E-state index contributed by atoms with van der Waals surface area (Å²) < 4.78 is 11.5. The zero-order chi connectivity index (χ0) is 16.9. The van der Waals surface area contributed by atoms with Crippen molar-refractivity contribution >= 4 is 11.0 Å². The topological polar surface area (TPSA) is 52.4 Å². The van der Waals surface area contributed by atoms with Gasteiger partial charge < -0.3 is 9.47 Å². The summed E-state index contributed by atoms with van der Waals surface area (Å²) in [5.74, 6) is 0.538. The molecule has 2 atom stereocenters. The Bertz CT molecular complexity index is 604. The first-order valence-corrected chi connectivity index (χ1v) is 8.94. The predicted octanol–water partition coefficient (Wildman–Crippen LogP) is 2.71. The molecule has 0 amide bonds. The van der Waals surface area contributed by atoms with Crippen LogP contribution in [-0.4, -0.2) is 58.8 Å². The zero-order valence-corrected chi connectivity index (χ0v) is 14.9. The third-order valence-corrected chi connectivity index (χ3v) is 4.65. The van der Waals surface area contributed by atoms with E-state index < -0.39 is 0 Å². The maximum atomic E-state index is 6.01. The van der Waals surface area contributed by atoms with Gasteiger partial charge in [-0.25, -0.2) is 0 Å². The van der Waals surface area contributed by atoms with E-state index in [0.29, 0.717) is 18.6 Å². The van der Waals surface area contributed by atoms with Gasteiger partial charge >= 0.3 is 0 Å². The molecule has 3 rings (SSSR count). The van der Waals surface area contributed by atoms with Crippen molar-refractivity contribution in [2.24, 2.45) is 5.92 Å². The minimum absolute atomic E-state index is 0.141. The normalized spacial score (nSPS) is 19.0. The van der Waals surface area contributed by atoms with Crippen LogP contribution in [0.1, 0.15) is 33.4 Å². The van der Waals surface area contributed by atoms with Gasteiger partial charge in [0.15, 0.2) is 6.23 Å². The van der Waals surface area contributed by atoms with Crippen LogP contribution in [0.15, 0.2) is 24.3 Å². The average molecular weight is 332 g/mol. The molecule has 24 heavy (non-hydrogen) atoms. The third-order valence-electron chi connectivity index (χ3n) is 4.65. The lowest BCUT2D eigenvalue weighted by Gasteiger charge is -2.38. The van der Waals surface area contributed by atoms with Crippen LogP contribution in [0, 0.1) is 5.92 Å². The molecule has 1 saturated heterocycles. The van der Waals surface area contributed by atoms with Gasteiger partial charge in [0, 0.05) is 32.2 Å². The van der Waals surface area contributed by atoms with Crippen molar-refractivity contribution in [3.05, 3.63) is 24.3 Å². The number of hydrogen-bond donors (Lipinski definition) is 0. The average Bonchev–Trinajstić information content (AvgIpc) is 3.03. The van der Waals surface area contributed by atoms with Crippen LogP contribution in [0.5, 0.6) is 0 Å². The van der Waals surface area contributed by atoms with Crippen LogP contribution in [0.2, 0.25) is 0 Å². The summed E-state index contributed by atoms with van der Waals surface area (Å²) in [6.07, 6.45) is 0.740. The van der Waals surface area contributed by atoms with Crippen LogP contribution in [0.4, 0.5) is 0 Å². The predicted molar refractivity (Wildman–Crippen MR) is 93.8 cm³/mol. The highest BCUT2D eigenvalue weighted by atomic mass is 16.5.